The molecule has 0 aliphatic heterocycles. The normalized spacial score (nSPS) is 16.9. The summed E-state index contributed by atoms with van der Waals surface area (Å²) in [6, 6.07) is 24.6. The molecule has 1 saturated carbocycles. The molecule has 0 radical (unpaired) electrons. The van der Waals surface area contributed by atoms with E-state index in [-0.39, 0.29) is 5.91 Å². The fourth-order valence-electron chi connectivity index (χ4n) is 6.06. The molecule has 40 heavy (non-hydrogen) atoms. The molecule has 0 atom stereocenters. The van der Waals surface area contributed by atoms with E-state index in [0.29, 0.717) is 13.2 Å². The van der Waals surface area contributed by atoms with Crippen molar-refractivity contribution in [3.63, 3.8) is 0 Å². The molecule has 1 aliphatic rings. The number of carbonyl (C=O) groups excluding carboxylic acids is 1. The van der Waals surface area contributed by atoms with E-state index in [1.54, 1.807) is 11.9 Å². The lowest BCUT2D eigenvalue weighted by Gasteiger charge is -2.29. The Hall–Kier alpha value is -3.33. The summed E-state index contributed by atoms with van der Waals surface area (Å²) in [7, 11) is 1.76. The van der Waals surface area contributed by atoms with Crippen LogP contribution in [-0.2, 0) is 11.2 Å². The van der Waals surface area contributed by atoms with E-state index in [9.17, 15) is 4.79 Å². The van der Waals surface area contributed by atoms with Crippen LogP contribution < -0.4 is 4.74 Å². The van der Waals surface area contributed by atoms with E-state index in [4.69, 9.17) is 4.74 Å². The van der Waals surface area contributed by atoms with Gasteiger partial charge in [-0.15, -0.1) is 0 Å². The maximum absolute atomic E-state index is 11.6. The van der Waals surface area contributed by atoms with Gasteiger partial charge in [0.1, 0.15) is 12.4 Å². The average Bonchev–Trinajstić information content (AvgIpc) is 3.01. The number of benzene rings is 3. The number of hydrogen-bond donors (Lipinski definition) is 0. The topological polar surface area (TPSA) is 29.5 Å². The van der Waals surface area contributed by atoms with Crippen molar-refractivity contribution in [2.45, 2.75) is 77.6 Å². The fourth-order valence-corrected chi connectivity index (χ4v) is 6.06. The van der Waals surface area contributed by atoms with E-state index < -0.39 is 0 Å². The van der Waals surface area contributed by atoms with E-state index >= 15 is 0 Å². The van der Waals surface area contributed by atoms with Crippen LogP contribution in [0.1, 0.15) is 82.3 Å². The quantitative estimate of drug-likeness (QED) is 0.160. The highest BCUT2D eigenvalue weighted by Crippen LogP contribution is 2.38. The summed E-state index contributed by atoms with van der Waals surface area (Å²) in [5, 5.41) is 0. The van der Waals surface area contributed by atoms with Crippen LogP contribution in [0.5, 0.6) is 5.75 Å². The Bertz CT molecular complexity index is 1220. The minimum atomic E-state index is -0.0944. The smallest absolute Gasteiger partial charge is 0.245 e. The maximum atomic E-state index is 11.6. The number of carbonyl (C=O) groups is 1. The second kappa shape index (κ2) is 14.9. The number of unbranched alkanes of at least 4 members (excludes halogenated alkanes) is 2. The number of nitrogens with zero attached hydrogens (tertiary/aromatic N) is 1. The summed E-state index contributed by atoms with van der Waals surface area (Å²) < 4.78 is 5.93. The SMILES string of the molecule is C=CC(=O)N(C)CCOc1ccc(-c2ccc(-c3ccc(C4CCC(CCCCC)CC4)cc3)cc2)c(CC)c1. The molecule has 3 nitrogen and oxygen atoms in total. The zero-order chi connectivity index (χ0) is 28.3. The molecule has 3 aromatic carbocycles. The molecule has 0 spiro atoms. The number of likely N-dealkylation sites (N-methyl/N-ethyl adjacent to an activating group) is 1. The molecule has 3 heteroatoms. The Morgan fingerprint density at radius 3 is 2.17 bits per heavy atom. The van der Waals surface area contributed by atoms with Gasteiger partial charge < -0.3 is 9.64 Å². The first-order chi connectivity index (χ1) is 19.5. The number of rotatable bonds is 13. The minimum Gasteiger partial charge on any atom is -0.492 e. The molecule has 1 amide bonds. The van der Waals surface area contributed by atoms with Crippen molar-refractivity contribution >= 4 is 5.91 Å². The van der Waals surface area contributed by atoms with E-state index in [1.807, 2.05) is 6.07 Å². The summed E-state index contributed by atoms with van der Waals surface area (Å²) in [4.78, 5) is 13.3. The fraction of sp³-hybridized carbons (Fsp3) is 0.432. The van der Waals surface area contributed by atoms with Crippen LogP contribution in [0.3, 0.4) is 0 Å². The Balaban J connectivity index is 1.35. The molecule has 0 aromatic heterocycles. The van der Waals surface area contributed by atoms with Crippen LogP contribution in [-0.4, -0.2) is 31.0 Å². The van der Waals surface area contributed by atoms with Gasteiger partial charge in [-0.3, -0.25) is 4.79 Å². The minimum absolute atomic E-state index is 0.0944. The summed E-state index contributed by atoms with van der Waals surface area (Å²) in [6.45, 7) is 8.98. The highest BCUT2D eigenvalue weighted by molar-refractivity contribution is 5.86. The molecule has 4 rings (SSSR count). The van der Waals surface area contributed by atoms with Gasteiger partial charge >= 0.3 is 0 Å². The number of ether oxygens (including phenoxy) is 1. The molecule has 1 aliphatic carbocycles. The predicted octanol–water partition coefficient (Wildman–Crippen LogP) is 9.46. The molecule has 0 bridgehead atoms. The molecule has 1 fully saturated rings. The lowest BCUT2D eigenvalue weighted by atomic mass is 9.77. The van der Waals surface area contributed by atoms with Crippen molar-refractivity contribution in [1.29, 1.82) is 0 Å². The van der Waals surface area contributed by atoms with Gasteiger partial charge in [0.05, 0.1) is 6.54 Å². The van der Waals surface area contributed by atoms with Crippen molar-refractivity contribution < 1.29 is 9.53 Å². The molecule has 0 unspecified atom stereocenters. The van der Waals surface area contributed by atoms with Crippen molar-refractivity contribution in [3.05, 3.63) is 90.5 Å². The second-order valence-corrected chi connectivity index (χ2v) is 11.4. The molecule has 212 valence electrons. The third-order valence-electron chi connectivity index (χ3n) is 8.68. The highest BCUT2D eigenvalue weighted by Gasteiger charge is 2.22. The van der Waals surface area contributed by atoms with Gasteiger partial charge in [0, 0.05) is 7.05 Å². The van der Waals surface area contributed by atoms with E-state index in [2.05, 4.69) is 81.1 Å². The first kappa shape index (κ1) is 29.6. The average molecular weight is 538 g/mol. The first-order valence-corrected chi connectivity index (χ1v) is 15.4. The van der Waals surface area contributed by atoms with Crippen LogP contribution >= 0.6 is 0 Å². The maximum Gasteiger partial charge on any atom is 0.245 e. The van der Waals surface area contributed by atoms with Crippen molar-refractivity contribution in [3.8, 4) is 28.0 Å². The Kier molecular flexibility index (Phi) is 11.0. The molecule has 0 heterocycles. The second-order valence-electron chi connectivity index (χ2n) is 11.4. The molecular weight excluding hydrogens is 490 g/mol. The van der Waals surface area contributed by atoms with E-state index in [0.717, 1.165) is 24.0 Å². The third kappa shape index (κ3) is 7.87. The predicted molar refractivity (Wildman–Crippen MR) is 169 cm³/mol. The van der Waals surface area contributed by atoms with Gasteiger partial charge in [0.25, 0.3) is 0 Å². The van der Waals surface area contributed by atoms with Gasteiger partial charge in [-0.1, -0.05) is 101 Å². The van der Waals surface area contributed by atoms with Gasteiger partial charge in [0.15, 0.2) is 0 Å². The number of amides is 1. The van der Waals surface area contributed by atoms with Crippen LogP contribution in [0.25, 0.3) is 22.3 Å². The standard InChI is InChI=1S/C37H47NO2/c1-5-8-9-10-28-11-13-30(14-12-28)31-15-17-32(18-16-31)33-19-21-34(22-20-33)36-24-23-35(27-29(36)6-2)40-26-25-38(4)37(39)7-3/h7,15-24,27-28,30H,3,5-6,8-14,25-26H2,1-2,4H3. The summed E-state index contributed by atoms with van der Waals surface area (Å²) in [5.74, 6) is 2.43. The summed E-state index contributed by atoms with van der Waals surface area (Å²) in [6.07, 6.45) is 13.3. The van der Waals surface area contributed by atoms with Crippen molar-refractivity contribution in [2.75, 3.05) is 20.2 Å². The van der Waals surface area contributed by atoms with Crippen LogP contribution in [0.2, 0.25) is 0 Å². The lowest BCUT2D eigenvalue weighted by Crippen LogP contribution is -2.29. The monoisotopic (exact) mass is 537 g/mol. The van der Waals surface area contributed by atoms with Gasteiger partial charge in [0.2, 0.25) is 5.91 Å². The summed E-state index contributed by atoms with van der Waals surface area (Å²) in [5.41, 5.74) is 7.76. The molecular formula is C37H47NO2. The van der Waals surface area contributed by atoms with Crippen molar-refractivity contribution in [1.82, 2.24) is 4.90 Å². The Labute approximate surface area is 242 Å². The number of aryl methyl sites for hydroxylation is 1. The summed E-state index contributed by atoms with van der Waals surface area (Å²) >= 11 is 0. The van der Waals surface area contributed by atoms with Crippen LogP contribution in [0.4, 0.5) is 0 Å². The lowest BCUT2D eigenvalue weighted by molar-refractivity contribution is -0.125. The largest absolute Gasteiger partial charge is 0.492 e. The highest BCUT2D eigenvalue weighted by atomic mass is 16.5. The Morgan fingerprint density at radius 1 is 0.900 bits per heavy atom. The molecule has 0 saturated heterocycles. The third-order valence-corrected chi connectivity index (χ3v) is 8.68. The van der Waals surface area contributed by atoms with Gasteiger partial charge in [-0.2, -0.15) is 0 Å². The van der Waals surface area contributed by atoms with Crippen molar-refractivity contribution in [2.24, 2.45) is 5.92 Å². The van der Waals surface area contributed by atoms with Gasteiger partial charge in [-0.25, -0.2) is 0 Å². The first-order valence-electron chi connectivity index (χ1n) is 15.4. The van der Waals surface area contributed by atoms with E-state index in [1.165, 1.54) is 90.8 Å². The van der Waals surface area contributed by atoms with Crippen LogP contribution in [0, 0.1) is 5.92 Å². The van der Waals surface area contributed by atoms with Gasteiger partial charge in [-0.05, 0) is 95.5 Å². The molecule has 3 aromatic rings. The zero-order valence-corrected chi connectivity index (χ0v) is 24.8. The zero-order valence-electron chi connectivity index (χ0n) is 24.8. The van der Waals surface area contributed by atoms with Crippen LogP contribution in [0.15, 0.2) is 79.4 Å². The Morgan fingerprint density at radius 2 is 1.55 bits per heavy atom. The number of hydrogen-bond acceptors (Lipinski definition) is 2. The molecule has 0 N–H and O–H groups in total.